The Labute approximate surface area is 179 Å². The van der Waals surface area contributed by atoms with Crippen LogP contribution in [0.3, 0.4) is 0 Å². The van der Waals surface area contributed by atoms with E-state index in [1.807, 2.05) is 43.9 Å². The summed E-state index contributed by atoms with van der Waals surface area (Å²) in [6, 6.07) is 7.92. The Morgan fingerprint density at radius 1 is 1.39 bits per heavy atom. The fourth-order valence-electron chi connectivity index (χ4n) is 4.19. The molecule has 0 spiro atoms. The van der Waals surface area contributed by atoms with Gasteiger partial charge in [0, 0.05) is 33.1 Å². The molecule has 5 heterocycles. The van der Waals surface area contributed by atoms with E-state index in [4.69, 9.17) is 9.72 Å². The van der Waals surface area contributed by atoms with Crippen LogP contribution in [0.4, 0.5) is 5.82 Å². The molecule has 1 fully saturated rings. The van der Waals surface area contributed by atoms with E-state index >= 15 is 0 Å². The van der Waals surface area contributed by atoms with Crippen molar-refractivity contribution in [3.05, 3.63) is 36.3 Å². The van der Waals surface area contributed by atoms with Crippen LogP contribution in [-0.4, -0.2) is 62.6 Å². The molecule has 0 aromatic carbocycles. The largest absolute Gasteiger partial charge is 0.381 e. The first-order chi connectivity index (χ1) is 15.0. The van der Waals surface area contributed by atoms with Crippen LogP contribution in [0.5, 0.6) is 0 Å². The molecule has 1 unspecified atom stereocenters. The minimum atomic E-state index is -0.0457. The van der Waals surface area contributed by atoms with Crippen molar-refractivity contribution in [3.8, 4) is 11.4 Å². The second-order valence-electron chi connectivity index (χ2n) is 7.98. The monoisotopic (exact) mass is 419 g/mol. The van der Waals surface area contributed by atoms with E-state index in [1.54, 1.807) is 11.2 Å². The highest BCUT2D eigenvalue weighted by atomic mass is 16.5. The number of aromatic nitrogens is 5. The second-order valence-corrected chi connectivity index (χ2v) is 7.98. The van der Waals surface area contributed by atoms with Gasteiger partial charge in [-0.2, -0.15) is 0 Å². The van der Waals surface area contributed by atoms with Gasteiger partial charge in [0.25, 0.3) is 0 Å². The number of fused-ring (bicyclic) bond motifs is 3. The number of ether oxygens (including phenoxy) is 1. The fraction of sp³-hybridized carbons (Fsp3) is 0.364. The van der Waals surface area contributed by atoms with Gasteiger partial charge >= 0.3 is 0 Å². The van der Waals surface area contributed by atoms with Crippen LogP contribution in [-0.2, 0) is 23.1 Å². The van der Waals surface area contributed by atoms with Gasteiger partial charge in [0.05, 0.1) is 48.0 Å². The average molecular weight is 419 g/mol. The second kappa shape index (κ2) is 7.66. The summed E-state index contributed by atoms with van der Waals surface area (Å²) in [4.78, 5) is 31.7. The van der Waals surface area contributed by atoms with Gasteiger partial charge in [-0.25, -0.2) is 15.0 Å². The Kier molecular flexibility index (Phi) is 4.82. The predicted molar refractivity (Wildman–Crippen MR) is 119 cm³/mol. The van der Waals surface area contributed by atoms with Crippen molar-refractivity contribution in [2.75, 3.05) is 32.6 Å². The smallest absolute Gasteiger partial charge is 0.228 e. The third-order valence-corrected chi connectivity index (χ3v) is 5.81. The van der Waals surface area contributed by atoms with Crippen LogP contribution in [0, 0.1) is 5.92 Å². The highest BCUT2D eigenvalue weighted by Gasteiger charge is 2.26. The maximum Gasteiger partial charge on any atom is 0.228 e. The number of carbonyl (C=O) groups excluding carboxylic acids is 1. The summed E-state index contributed by atoms with van der Waals surface area (Å²) < 4.78 is 7.35. The van der Waals surface area contributed by atoms with Gasteiger partial charge in [-0.3, -0.25) is 4.79 Å². The zero-order valence-corrected chi connectivity index (χ0v) is 17.8. The number of rotatable bonds is 5. The summed E-state index contributed by atoms with van der Waals surface area (Å²) in [6.07, 6.45) is 2.58. The normalized spacial score (nSPS) is 16.3. The molecule has 4 aromatic heterocycles. The number of nitrogens with zero attached hydrogens (tertiary/aromatic N) is 5. The number of hydrogen-bond donors (Lipinski definition) is 2. The molecule has 1 aliphatic rings. The Morgan fingerprint density at radius 2 is 2.26 bits per heavy atom. The molecule has 9 heteroatoms. The molecule has 1 amide bonds. The molecule has 1 atom stereocenters. The van der Waals surface area contributed by atoms with E-state index in [2.05, 4.69) is 26.3 Å². The van der Waals surface area contributed by atoms with Crippen LogP contribution < -0.4 is 5.32 Å². The third kappa shape index (κ3) is 3.40. The van der Waals surface area contributed by atoms with Gasteiger partial charge in [0.1, 0.15) is 11.2 Å². The van der Waals surface area contributed by atoms with E-state index in [1.165, 1.54) is 0 Å². The zero-order chi connectivity index (χ0) is 21.5. The first-order valence-corrected chi connectivity index (χ1v) is 10.4. The lowest BCUT2D eigenvalue weighted by atomic mass is 10.1. The number of aryl methyl sites for hydroxylation is 1. The Morgan fingerprint density at radius 3 is 3.03 bits per heavy atom. The number of anilines is 1. The Bertz CT molecular complexity index is 1270. The number of pyridine rings is 2. The average Bonchev–Trinajstić information content (AvgIpc) is 3.52. The van der Waals surface area contributed by atoms with E-state index < -0.39 is 0 Å². The Hall–Kier alpha value is -3.46. The lowest BCUT2D eigenvalue weighted by Crippen LogP contribution is -2.33. The molecule has 0 aliphatic carbocycles. The molecule has 1 saturated heterocycles. The lowest BCUT2D eigenvalue weighted by molar-refractivity contribution is -0.134. The minimum absolute atomic E-state index is 0.0457. The van der Waals surface area contributed by atoms with Gasteiger partial charge in [0.2, 0.25) is 5.91 Å². The molecule has 0 radical (unpaired) electrons. The van der Waals surface area contributed by atoms with Gasteiger partial charge < -0.3 is 24.5 Å². The summed E-state index contributed by atoms with van der Waals surface area (Å²) in [5, 5.41) is 4.11. The van der Waals surface area contributed by atoms with Gasteiger partial charge in [0.15, 0.2) is 5.82 Å². The minimum Gasteiger partial charge on any atom is -0.381 e. The summed E-state index contributed by atoms with van der Waals surface area (Å²) in [6.45, 7) is 1.62. The topological polar surface area (TPSA) is 101 Å². The van der Waals surface area contributed by atoms with E-state index in [0.717, 1.165) is 51.4 Å². The van der Waals surface area contributed by atoms with E-state index in [-0.39, 0.29) is 11.8 Å². The van der Waals surface area contributed by atoms with Crippen LogP contribution >= 0.6 is 0 Å². The number of nitrogens with one attached hydrogen (secondary N) is 2. The van der Waals surface area contributed by atoms with Crippen molar-refractivity contribution in [3.63, 3.8) is 0 Å². The van der Waals surface area contributed by atoms with Crippen molar-refractivity contribution >= 4 is 33.8 Å². The number of imidazole rings is 1. The highest BCUT2D eigenvalue weighted by Crippen LogP contribution is 2.31. The van der Waals surface area contributed by atoms with Crippen molar-refractivity contribution in [1.29, 1.82) is 0 Å². The molecular weight excluding hydrogens is 394 g/mol. The molecule has 9 nitrogen and oxygen atoms in total. The molecule has 160 valence electrons. The maximum atomic E-state index is 12.6. The van der Waals surface area contributed by atoms with Crippen LogP contribution in [0.15, 0.2) is 30.6 Å². The third-order valence-electron chi connectivity index (χ3n) is 5.81. The van der Waals surface area contributed by atoms with E-state index in [9.17, 15) is 4.79 Å². The number of amides is 1. The van der Waals surface area contributed by atoms with Crippen LogP contribution in [0.25, 0.3) is 33.5 Å². The molecule has 2 N–H and O–H groups in total. The lowest BCUT2D eigenvalue weighted by Gasteiger charge is -2.20. The van der Waals surface area contributed by atoms with Gasteiger partial charge in [-0.15, -0.1) is 0 Å². The van der Waals surface area contributed by atoms with Crippen molar-refractivity contribution in [2.45, 2.75) is 13.0 Å². The molecule has 31 heavy (non-hydrogen) atoms. The summed E-state index contributed by atoms with van der Waals surface area (Å²) in [5.74, 6) is 0.794. The Balaban J connectivity index is 1.47. The zero-order valence-electron chi connectivity index (χ0n) is 17.8. The summed E-state index contributed by atoms with van der Waals surface area (Å²) in [7, 11) is 5.63. The first kappa shape index (κ1) is 19.5. The molecule has 1 aliphatic heterocycles. The first-order valence-electron chi connectivity index (χ1n) is 10.4. The highest BCUT2D eigenvalue weighted by molar-refractivity contribution is 6.07. The van der Waals surface area contributed by atoms with Gasteiger partial charge in [-0.1, -0.05) is 6.07 Å². The molecule has 0 saturated carbocycles. The van der Waals surface area contributed by atoms with Crippen molar-refractivity contribution < 1.29 is 9.53 Å². The van der Waals surface area contributed by atoms with Crippen molar-refractivity contribution in [1.82, 2.24) is 29.4 Å². The molecule has 0 bridgehead atoms. The fourth-order valence-corrected chi connectivity index (χ4v) is 4.19. The number of hydrogen-bond acceptors (Lipinski definition) is 6. The number of carbonyl (C=O) groups is 1. The SMILES string of the molecule is CNc1nc2[nH]c(-c3cccc(CN(C)C(=O)C4CCOC4)n3)cc2c2c1ncn2C. The molecule has 4 aromatic rings. The number of H-pyrrole nitrogens is 1. The molecular formula is C22H25N7O2. The standard InChI is InChI=1S/C22H25N7O2/c1-23-21-18-19(29(3)12-24-18)15-9-17(26-20(15)27-21)16-6-4-5-14(25-16)10-28(2)22(30)13-7-8-31-11-13/h4-6,9,12-13H,7-8,10-11H2,1-3H3,(H2,23,26,27). The molecule has 5 rings (SSSR count). The number of aromatic amines is 1. The predicted octanol–water partition coefficient (Wildman–Crippen LogP) is 2.55. The summed E-state index contributed by atoms with van der Waals surface area (Å²) >= 11 is 0. The van der Waals surface area contributed by atoms with Crippen LogP contribution in [0.2, 0.25) is 0 Å². The van der Waals surface area contributed by atoms with Crippen LogP contribution in [0.1, 0.15) is 12.1 Å². The quantitative estimate of drug-likeness (QED) is 0.516. The van der Waals surface area contributed by atoms with E-state index in [0.29, 0.717) is 19.8 Å². The van der Waals surface area contributed by atoms with Crippen molar-refractivity contribution in [2.24, 2.45) is 13.0 Å². The maximum absolute atomic E-state index is 12.6. The summed E-state index contributed by atoms with van der Waals surface area (Å²) in [5.41, 5.74) is 5.13. The van der Waals surface area contributed by atoms with Gasteiger partial charge in [-0.05, 0) is 24.6 Å².